The molecule has 1 rings (SSSR count). The maximum atomic E-state index is 10.8. The van der Waals surface area contributed by atoms with E-state index in [1.807, 2.05) is 0 Å². The van der Waals surface area contributed by atoms with Crippen LogP contribution < -0.4 is 29.6 Å². The van der Waals surface area contributed by atoms with Gasteiger partial charge in [-0.1, -0.05) is 0 Å². The standard InChI is InChI=1S/C6H9NO3.Na.H/c1-5(8)10-7-4-2-3-6(7)9;;/h2-4H2,1H3;;/q;+1;-1. The van der Waals surface area contributed by atoms with Crippen molar-refractivity contribution in [2.45, 2.75) is 19.8 Å². The van der Waals surface area contributed by atoms with E-state index in [1.54, 1.807) is 0 Å². The zero-order valence-corrected chi connectivity index (χ0v) is 8.79. The summed E-state index contributed by atoms with van der Waals surface area (Å²) in [5.41, 5.74) is 0. The fourth-order valence-electron chi connectivity index (χ4n) is 0.875. The second kappa shape index (κ2) is 4.74. The first-order chi connectivity index (χ1) is 4.70. The van der Waals surface area contributed by atoms with Crippen LogP contribution in [0.4, 0.5) is 0 Å². The molecule has 1 fully saturated rings. The van der Waals surface area contributed by atoms with Gasteiger partial charge in [0.05, 0.1) is 6.54 Å². The number of rotatable bonds is 1. The summed E-state index contributed by atoms with van der Waals surface area (Å²) in [5, 5.41) is 1.11. The van der Waals surface area contributed by atoms with E-state index in [4.69, 9.17) is 0 Å². The van der Waals surface area contributed by atoms with E-state index < -0.39 is 5.97 Å². The molecule has 1 heterocycles. The first-order valence-corrected chi connectivity index (χ1v) is 3.19. The van der Waals surface area contributed by atoms with Crippen LogP contribution in [0.25, 0.3) is 0 Å². The van der Waals surface area contributed by atoms with Gasteiger partial charge < -0.3 is 6.26 Å². The number of carbonyl (C=O) groups excluding carboxylic acids is 2. The normalized spacial score (nSPS) is 16.1. The van der Waals surface area contributed by atoms with Gasteiger partial charge in [-0.25, -0.2) is 0 Å². The SMILES string of the molecule is CC(=O)ON1CCCC1=O.[H-].[Na+]. The minimum atomic E-state index is -0.435. The zero-order valence-electron chi connectivity index (χ0n) is 7.79. The molecule has 0 atom stereocenters. The summed E-state index contributed by atoms with van der Waals surface area (Å²) >= 11 is 0. The van der Waals surface area contributed by atoms with Crippen molar-refractivity contribution in [3.63, 3.8) is 0 Å². The van der Waals surface area contributed by atoms with Crippen LogP contribution in [0.3, 0.4) is 0 Å². The largest absolute Gasteiger partial charge is 1.00 e. The molecule has 11 heavy (non-hydrogen) atoms. The Morgan fingerprint density at radius 1 is 1.73 bits per heavy atom. The maximum absolute atomic E-state index is 10.8. The molecule has 1 aliphatic rings. The number of carbonyl (C=O) groups is 2. The average Bonchev–Trinajstić information content (AvgIpc) is 2.15. The van der Waals surface area contributed by atoms with E-state index in [1.165, 1.54) is 6.92 Å². The molecule has 0 N–H and O–H groups in total. The molecule has 0 bridgehead atoms. The van der Waals surface area contributed by atoms with E-state index in [-0.39, 0.29) is 36.9 Å². The van der Waals surface area contributed by atoms with Gasteiger partial charge in [0.2, 0.25) is 0 Å². The van der Waals surface area contributed by atoms with Crippen LogP contribution in [0.1, 0.15) is 21.2 Å². The molecule has 1 aliphatic heterocycles. The maximum Gasteiger partial charge on any atom is 1.00 e. The molecular formula is C6H10NNaO3. The van der Waals surface area contributed by atoms with Crippen molar-refractivity contribution in [3.05, 3.63) is 0 Å². The Morgan fingerprint density at radius 3 is 2.73 bits per heavy atom. The van der Waals surface area contributed by atoms with E-state index in [2.05, 4.69) is 4.84 Å². The van der Waals surface area contributed by atoms with Gasteiger partial charge in [-0.05, 0) is 6.42 Å². The molecule has 0 spiro atoms. The molecule has 0 aromatic rings. The Hall–Kier alpha value is -0.0600. The Bertz CT molecular complexity index is 176. The molecule has 5 heteroatoms. The van der Waals surface area contributed by atoms with Gasteiger partial charge >= 0.3 is 35.5 Å². The summed E-state index contributed by atoms with van der Waals surface area (Å²) in [6.45, 7) is 1.82. The quantitative estimate of drug-likeness (QED) is 0.396. The third-order valence-electron chi connectivity index (χ3n) is 1.27. The summed E-state index contributed by atoms with van der Waals surface area (Å²) in [6, 6.07) is 0. The second-order valence-electron chi connectivity index (χ2n) is 2.18. The van der Waals surface area contributed by atoms with E-state index in [0.29, 0.717) is 13.0 Å². The van der Waals surface area contributed by atoms with Gasteiger partial charge in [0.25, 0.3) is 5.91 Å². The van der Waals surface area contributed by atoms with Gasteiger partial charge in [-0.15, -0.1) is 0 Å². The van der Waals surface area contributed by atoms with Crippen LogP contribution >= 0.6 is 0 Å². The molecule has 0 saturated carbocycles. The molecule has 0 radical (unpaired) electrons. The summed E-state index contributed by atoms with van der Waals surface area (Å²) in [6.07, 6.45) is 1.28. The number of hydrogen-bond donors (Lipinski definition) is 0. The number of amides is 1. The molecule has 4 nitrogen and oxygen atoms in total. The third kappa shape index (κ3) is 3.22. The Labute approximate surface area is 88.6 Å². The van der Waals surface area contributed by atoms with Crippen molar-refractivity contribution >= 4 is 11.9 Å². The van der Waals surface area contributed by atoms with Crippen LogP contribution in [0.5, 0.6) is 0 Å². The van der Waals surface area contributed by atoms with Crippen LogP contribution in [-0.2, 0) is 14.4 Å². The molecule has 0 aromatic heterocycles. The average molecular weight is 167 g/mol. The topological polar surface area (TPSA) is 46.6 Å². The number of nitrogens with zero attached hydrogens (tertiary/aromatic N) is 1. The first-order valence-electron chi connectivity index (χ1n) is 3.19. The Morgan fingerprint density at radius 2 is 2.36 bits per heavy atom. The van der Waals surface area contributed by atoms with Crippen molar-refractivity contribution < 1.29 is 45.4 Å². The number of hydrogen-bond acceptors (Lipinski definition) is 3. The summed E-state index contributed by atoms with van der Waals surface area (Å²) in [4.78, 5) is 25.7. The van der Waals surface area contributed by atoms with Gasteiger partial charge in [-0.2, -0.15) is 5.06 Å². The minimum absolute atomic E-state index is 0. The molecule has 0 aliphatic carbocycles. The molecule has 1 saturated heterocycles. The monoisotopic (exact) mass is 167 g/mol. The molecule has 1 amide bonds. The third-order valence-corrected chi connectivity index (χ3v) is 1.27. The van der Waals surface area contributed by atoms with Gasteiger partial charge in [0.1, 0.15) is 0 Å². The Kier molecular flexibility index (Phi) is 4.72. The van der Waals surface area contributed by atoms with Crippen molar-refractivity contribution in [2.75, 3.05) is 6.54 Å². The van der Waals surface area contributed by atoms with Crippen molar-refractivity contribution in [3.8, 4) is 0 Å². The van der Waals surface area contributed by atoms with E-state index in [9.17, 15) is 9.59 Å². The van der Waals surface area contributed by atoms with Gasteiger partial charge in [0, 0.05) is 13.3 Å². The predicted molar refractivity (Wildman–Crippen MR) is 33.8 cm³/mol. The van der Waals surface area contributed by atoms with Crippen LogP contribution in [-0.4, -0.2) is 23.5 Å². The molecule has 58 valence electrons. The fourth-order valence-corrected chi connectivity index (χ4v) is 0.875. The molecular weight excluding hydrogens is 157 g/mol. The predicted octanol–water partition coefficient (Wildman–Crippen LogP) is -2.80. The van der Waals surface area contributed by atoms with Crippen LogP contribution in [0, 0.1) is 0 Å². The summed E-state index contributed by atoms with van der Waals surface area (Å²) in [5.74, 6) is -0.537. The van der Waals surface area contributed by atoms with E-state index in [0.717, 1.165) is 11.5 Å². The van der Waals surface area contributed by atoms with Crippen molar-refractivity contribution in [2.24, 2.45) is 0 Å². The zero-order chi connectivity index (χ0) is 7.56. The van der Waals surface area contributed by atoms with Gasteiger partial charge in [0.15, 0.2) is 0 Å². The summed E-state index contributed by atoms with van der Waals surface area (Å²) < 4.78 is 0. The van der Waals surface area contributed by atoms with Crippen molar-refractivity contribution in [1.82, 2.24) is 5.06 Å². The first kappa shape index (κ1) is 10.9. The second-order valence-corrected chi connectivity index (χ2v) is 2.18. The number of hydroxylamine groups is 2. The molecule has 0 aromatic carbocycles. The van der Waals surface area contributed by atoms with Crippen LogP contribution in [0.15, 0.2) is 0 Å². The van der Waals surface area contributed by atoms with Crippen LogP contribution in [0.2, 0.25) is 0 Å². The summed E-state index contributed by atoms with van der Waals surface area (Å²) in [7, 11) is 0. The smallest absolute Gasteiger partial charge is 1.00 e. The van der Waals surface area contributed by atoms with E-state index >= 15 is 0 Å². The van der Waals surface area contributed by atoms with Crippen molar-refractivity contribution in [1.29, 1.82) is 0 Å². The van der Waals surface area contributed by atoms with Gasteiger partial charge in [-0.3, -0.25) is 9.59 Å². The molecule has 0 unspecified atom stereocenters. The Balaban J connectivity index is 0. The minimum Gasteiger partial charge on any atom is -1.00 e. The fraction of sp³-hybridized carbons (Fsp3) is 0.667.